The Morgan fingerprint density at radius 2 is 1.84 bits per heavy atom. The molecule has 1 aliphatic carbocycles. The first-order valence-corrected chi connectivity index (χ1v) is 6.62. The van der Waals surface area contributed by atoms with Crippen molar-refractivity contribution in [2.45, 2.75) is 38.1 Å². The van der Waals surface area contributed by atoms with Gasteiger partial charge in [-0.25, -0.2) is 0 Å². The third-order valence-electron chi connectivity index (χ3n) is 3.59. The summed E-state index contributed by atoms with van der Waals surface area (Å²) in [6.45, 7) is 0. The molecule has 5 heteroatoms. The summed E-state index contributed by atoms with van der Waals surface area (Å²) in [6.07, 6.45) is 7.38. The summed E-state index contributed by atoms with van der Waals surface area (Å²) in [5.74, 6) is -1.52. The molecule has 1 aliphatic rings. The smallest absolute Gasteiger partial charge is 0.308 e. The molecule has 5 nitrogen and oxygen atoms in total. The molecule has 0 aromatic carbocycles. The van der Waals surface area contributed by atoms with Crippen molar-refractivity contribution < 1.29 is 14.7 Å². The van der Waals surface area contributed by atoms with E-state index in [0.717, 1.165) is 25.7 Å². The molecular weight excluding hydrogens is 244 g/mol. The van der Waals surface area contributed by atoms with E-state index in [4.69, 9.17) is 0 Å². The molecule has 1 aromatic heterocycles. The van der Waals surface area contributed by atoms with Crippen LogP contribution in [-0.4, -0.2) is 28.0 Å². The van der Waals surface area contributed by atoms with Crippen LogP contribution in [0.2, 0.25) is 0 Å². The molecule has 0 bridgehead atoms. The molecule has 0 radical (unpaired) electrons. The molecule has 2 atom stereocenters. The zero-order valence-electron chi connectivity index (χ0n) is 10.7. The zero-order chi connectivity index (χ0) is 13.7. The number of rotatable bonds is 3. The largest absolute Gasteiger partial charge is 0.481 e. The molecule has 2 rings (SSSR count). The Labute approximate surface area is 112 Å². The number of hydrogen-bond donors (Lipinski definition) is 2. The minimum Gasteiger partial charge on any atom is -0.481 e. The van der Waals surface area contributed by atoms with Gasteiger partial charge in [0, 0.05) is 24.0 Å². The van der Waals surface area contributed by atoms with Crippen molar-refractivity contribution in [1.82, 2.24) is 10.3 Å². The van der Waals surface area contributed by atoms with Gasteiger partial charge in [0.1, 0.15) is 0 Å². The van der Waals surface area contributed by atoms with Crippen LogP contribution in [-0.2, 0) is 4.79 Å². The first-order valence-electron chi connectivity index (χ1n) is 6.62. The van der Waals surface area contributed by atoms with Gasteiger partial charge in [-0.3, -0.25) is 14.6 Å². The van der Waals surface area contributed by atoms with Crippen LogP contribution in [0.5, 0.6) is 0 Å². The number of hydrogen-bond acceptors (Lipinski definition) is 3. The lowest BCUT2D eigenvalue weighted by molar-refractivity contribution is -0.142. The van der Waals surface area contributed by atoms with E-state index in [-0.39, 0.29) is 11.9 Å². The summed E-state index contributed by atoms with van der Waals surface area (Å²) in [4.78, 5) is 27.2. The summed E-state index contributed by atoms with van der Waals surface area (Å²) in [6, 6.07) is 2.98. The Hall–Kier alpha value is -1.91. The third kappa shape index (κ3) is 3.53. The van der Waals surface area contributed by atoms with Gasteiger partial charge in [0.25, 0.3) is 5.91 Å². The molecule has 0 saturated heterocycles. The zero-order valence-corrected chi connectivity index (χ0v) is 10.7. The van der Waals surface area contributed by atoms with E-state index in [0.29, 0.717) is 12.0 Å². The Balaban J connectivity index is 2.06. The minimum atomic E-state index is -0.818. The second kappa shape index (κ2) is 6.31. The lowest BCUT2D eigenvalue weighted by atomic mass is 9.94. The van der Waals surface area contributed by atoms with Crippen LogP contribution in [0.15, 0.2) is 24.5 Å². The molecule has 1 fully saturated rings. The van der Waals surface area contributed by atoms with Gasteiger partial charge in [0.15, 0.2) is 0 Å². The van der Waals surface area contributed by atoms with E-state index in [9.17, 15) is 14.7 Å². The molecule has 1 amide bonds. The number of aliphatic carboxylic acids is 1. The van der Waals surface area contributed by atoms with Crippen molar-refractivity contribution in [3.05, 3.63) is 30.1 Å². The van der Waals surface area contributed by atoms with Crippen LogP contribution in [0.3, 0.4) is 0 Å². The van der Waals surface area contributed by atoms with E-state index >= 15 is 0 Å². The molecule has 1 saturated carbocycles. The number of amides is 1. The fourth-order valence-corrected chi connectivity index (χ4v) is 2.53. The highest BCUT2D eigenvalue weighted by Crippen LogP contribution is 2.24. The lowest BCUT2D eigenvalue weighted by Gasteiger charge is -2.22. The first-order chi connectivity index (χ1) is 9.18. The Morgan fingerprint density at radius 1 is 1.16 bits per heavy atom. The molecule has 0 spiro atoms. The van der Waals surface area contributed by atoms with Gasteiger partial charge < -0.3 is 10.4 Å². The maximum atomic E-state index is 12.1. The number of nitrogens with zero attached hydrogens (tertiary/aromatic N) is 1. The Bertz CT molecular complexity index is 447. The Morgan fingerprint density at radius 3 is 2.53 bits per heavy atom. The highest BCUT2D eigenvalue weighted by Gasteiger charge is 2.30. The van der Waals surface area contributed by atoms with Gasteiger partial charge in [-0.2, -0.15) is 0 Å². The number of carbonyl (C=O) groups excluding carboxylic acids is 1. The van der Waals surface area contributed by atoms with Crippen LogP contribution in [0, 0.1) is 5.92 Å². The van der Waals surface area contributed by atoms with E-state index in [1.807, 2.05) is 0 Å². The molecule has 0 aliphatic heterocycles. The third-order valence-corrected chi connectivity index (χ3v) is 3.59. The standard InChI is InChI=1S/C14H18N2O3/c17-13(10-6-8-15-9-7-10)16-12-5-3-1-2-4-11(12)14(18)19/h6-9,11-12H,1-5H2,(H,16,17)(H,18,19)/t11-,12-/m1/s1. The number of pyridine rings is 1. The summed E-state index contributed by atoms with van der Waals surface area (Å²) < 4.78 is 0. The average Bonchev–Trinajstić information content (AvgIpc) is 2.65. The fraction of sp³-hybridized carbons (Fsp3) is 0.500. The van der Waals surface area contributed by atoms with Crippen LogP contribution in [0.1, 0.15) is 42.5 Å². The SMILES string of the molecule is O=C(N[C@@H]1CCCCC[C@H]1C(=O)O)c1ccncc1. The van der Waals surface area contributed by atoms with Gasteiger partial charge in [0.05, 0.1) is 5.92 Å². The minimum absolute atomic E-state index is 0.222. The average molecular weight is 262 g/mol. The second-order valence-corrected chi connectivity index (χ2v) is 4.90. The maximum absolute atomic E-state index is 12.1. The highest BCUT2D eigenvalue weighted by atomic mass is 16.4. The number of aromatic nitrogens is 1. The molecule has 2 N–H and O–H groups in total. The highest BCUT2D eigenvalue weighted by molar-refractivity contribution is 5.94. The predicted molar refractivity (Wildman–Crippen MR) is 69.7 cm³/mol. The number of nitrogens with one attached hydrogen (secondary N) is 1. The van der Waals surface area contributed by atoms with Gasteiger partial charge in [-0.15, -0.1) is 0 Å². The molecule has 102 valence electrons. The maximum Gasteiger partial charge on any atom is 0.308 e. The number of carboxylic acid groups (broad SMARTS) is 1. The van der Waals surface area contributed by atoms with Crippen LogP contribution in [0.25, 0.3) is 0 Å². The molecule has 1 heterocycles. The molecule has 1 aromatic rings. The molecular formula is C14H18N2O3. The van der Waals surface area contributed by atoms with Crippen molar-refractivity contribution in [3.8, 4) is 0 Å². The summed E-state index contributed by atoms with van der Waals surface area (Å²) in [7, 11) is 0. The lowest BCUT2D eigenvalue weighted by Crippen LogP contribution is -2.42. The van der Waals surface area contributed by atoms with Crippen molar-refractivity contribution in [3.63, 3.8) is 0 Å². The Kier molecular flexibility index (Phi) is 4.49. The van der Waals surface area contributed by atoms with Crippen molar-refractivity contribution in [2.75, 3.05) is 0 Å². The van der Waals surface area contributed by atoms with Gasteiger partial charge in [-0.05, 0) is 25.0 Å². The van der Waals surface area contributed by atoms with Gasteiger partial charge in [-0.1, -0.05) is 19.3 Å². The van der Waals surface area contributed by atoms with Crippen LogP contribution < -0.4 is 5.32 Å². The topological polar surface area (TPSA) is 79.3 Å². The fourth-order valence-electron chi connectivity index (χ4n) is 2.53. The van der Waals surface area contributed by atoms with Crippen molar-refractivity contribution in [1.29, 1.82) is 0 Å². The van der Waals surface area contributed by atoms with E-state index in [1.165, 1.54) is 0 Å². The summed E-state index contributed by atoms with van der Waals surface area (Å²) in [5.41, 5.74) is 0.517. The summed E-state index contributed by atoms with van der Waals surface area (Å²) >= 11 is 0. The summed E-state index contributed by atoms with van der Waals surface area (Å²) in [5, 5.41) is 12.1. The van der Waals surface area contributed by atoms with Crippen LogP contribution in [0.4, 0.5) is 0 Å². The van der Waals surface area contributed by atoms with Gasteiger partial charge in [0.2, 0.25) is 0 Å². The van der Waals surface area contributed by atoms with Crippen molar-refractivity contribution in [2.24, 2.45) is 5.92 Å². The normalized spacial score (nSPS) is 23.4. The quantitative estimate of drug-likeness (QED) is 0.815. The monoisotopic (exact) mass is 262 g/mol. The predicted octanol–water partition coefficient (Wildman–Crippen LogP) is 1.84. The number of carboxylic acids is 1. The first kappa shape index (κ1) is 13.5. The molecule has 19 heavy (non-hydrogen) atoms. The number of carbonyl (C=O) groups is 2. The van der Waals surface area contributed by atoms with Gasteiger partial charge >= 0.3 is 5.97 Å². The van der Waals surface area contributed by atoms with E-state index < -0.39 is 11.9 Å². The van der Waals surface area contributed by atoms with E-state index in [2.05, 4.69) is 10.3 Å². The van der Waals surface area contributed by atoms with Crippen LogP contribution >= 0.6 is 0 Å². The second-order valence-electron chi connectivity index (χ2n) is 4.90. The molecule has 0 unspecified atom stereocenters. The van der Waals surface area contributed by atoms with Crippen molar-refractivity contribution >= 4 is 11.9 Å². The van der Waals surface area contributed by atoms with E-state index in [1.54, 1.807) is 24.5 Å².